The standard InChI is InChI=1S/C21H27FN6O2/c1-12(2)26-19-15(20(29)25-11-17(22)21(4,5)30)10-24-18-9-16(27-28(18)19)14-7-6-8-23-13(14)3/h6-10,12,17,26,30H,11H2,1-5H3,(H,25,29). The Morgan fingerprint density at radius 2 is 2.07 bits per heavy atom. The summed E-state index contributed by atoms with van der Waals surface area (Å²) in [5, 5.41) is 20.1. The first kappa shape index (κ1) is 21.6. The van der Waals surface area contributed by atoms with Crippen LogP contribution in [0.3, 0.4) is 0 Å². The number of fused-ring (bicyclic) bond motifs is 1. The summed E-state index contributed by atoms with van der Waals surface area (Å²) >= 11 is 0. The topological polar surface area (TPSA) is 104 Å². The average Bonchev–Trinajstić information content (AvgIpc) is 3.09. The summed E-state index contributed by atoms with van der Waals surface area (Å²) in [5.74, 6) is -0.0481. The number of rotatable bonds is 7. The van der Waals surface area contributed by atoms with Crippen LogP contribution in [0.15, 0.2) is 30.6 Å². The maximum atomic E-state index is 14.1. The SMILES string of the molecule is Cc1ncccc1-c1cc2ncc(C(=O)NCC(F)C(C)(C)O)c(NC(C)C)n2n1. The number of pyridine rings is 1. The molecule has 3 heterocycles. The van der Waals surface area contributed by atoms with Crippen LogP contribution in [0, 0.1) is 6.92 Å². The highest BCUT2D eigenvalue weighted by Gasteiger charge is 2.27. The fraction of sp³-hybridized carbons (Fsp3) is 0.429. The van der Waals surface area contributed by atoms with E-state index in [1.54, 1.807) is 10.7 Å². The van der Waals surface area contributed by atoms with Crippen LogP contribution in [-0.2, 0) is 0 Å². The molecule has 3 rings (SSSR count). The van der Waals surface area contributed by atoms with Crippen molar-refractivity contribution in [1.29, 1.82) is 0 Å². The highest BCUT2D eigenvalue weighted by atomic mass is 19.1. The second-order valence-corrected chi connectivity index (χ2v) is 8.09. The summed E-state index contributed by atoms with van der Waals surface area (Å²) in [6.45, 7) is 8.17. The smallest absolute Gasteiger partial charge is 0.256 e. The predicted octanol–water partition coefficient (Wildman–Crippen LogP) is 2.76. The van der Waals surface area contributed by atoms with Gasteiger partial charge in [0.15, 0.2) is 5.65 Å². The van der Waals surface area contributed by atoms with Gasteiger partial charge in [-0.2, -0.15) is 9.61 Å². The zero-order chi connectivity index (χ0) is 22.1. The number of aliphatic hydroxyl groups is 1. The minimum Gasteiger partial charge on any atom is -0.387 e. The van der Waals surface area contributed by atoms with Gasteiger partial charge >= 0.3 is 0 Å². The number of hydrogen-bond acceptors (Lipinski definition) is 6. The van der Waals surface area contributed by atoms with E-state index < -0.39 is 17.7 Å². The largest absolute Gasteiger partial charge is 0.387 e. The molecular formula is C21H27FN6O2. The molecule has 0 aliphatic rings. The Morgan fingerprint density at radius 3 is 2.70 bits per heavy atom. The normalized spacial score (nSPS) is 12.9. The van der Waals surface area contributed by atoms with E-state index in [-0.39, 0.29) is 18.2 Å². The van der Waals surface area contributed by atoms with Crippen molar-refractivity contribution in [3.8, 4) is 11.3 Å². The summed E-state index contributed by atoms with van der Waals surface area (Å²) in [5.41, 5.74) is 1.63. The van der Waals surface area contributed by atoms with E-state index in [0.717, 1.165) is 11.3 Å². The minimum atomic E-state index is -1.61. The molecule has 1 atom stereocenters. The number of nitrogens with zero attached hydrogens (tertiary/aromatic N) is 4. The van der Waals surface area contributed by atoms with Crippen molar-refractivity contribution < 1.29 is 14.3 Å². The van der Waals surface area contributed by atoms with Crippen LogP contribution in [0.1, 0.15) is 43.7 Å². The highest BCUT2D eigenvalue weighted by molar-refractivity contribution is 5.99. The lowest BCUT2D eigenvalue weighted by atomic mass is 10.0. The van der Waals surface area contributed by atoms with Gasteiger partial charge in [-0.1, -0.05) is 0 Å². The Labute approximate surface area is 174 Å². The monoisotopic (exact) mass is 414 g/mol. The number of aryl methyl sites for hydroxylation is 1. The molecule has 0 saturated carbocycles. The van der Waals surface area contributed by atoms with Gasteiger partial charge in [-0.3, -0.25) is 9.78 Å². The highest BCUT2D eigenvalue weighted by Crippen LogP contribution is 2.25. The van der Waals surface area contributed by atoms with Crippen LogP contribution >= 0.6 is 0 Å². The third kappa shape index (κ3) is 4.56. The van der Waals surface area contributed by atoms with E-state index >= 15 is 0 Å². The predicted molar refractivity (Wildman–Crippen MR) is 113 cm³/mol. The molecule has 0 spiro atoms. The van der Waals surface area contributed by atoms with Crippen LogP contribution in [0.25, 0.3) is 16.9 Å². The van der Waals surface area contributed by atoms with Crippen molar-refractivity contribution in [3.63, 3.8) is 0 Å². The summed E-state index contributed by atoms with van der Waals surface area (Å²) in [7, 11) is 0. The molecule has 3 N–H and O–H groups in total. The summed E-state index contributed by atoms with van der Waals surface area (Å²) in [6.07, 6.45) is 1.55. The molecule has 1 amide bonds. The second-order valence-electron chi connectivity index (χ2n) is 8.09. The quantitative estimate of drug-likeness (QED) is 0.549. The molecule has 3 aromatic rings. The van der Waals surface area contributed by atoms with Crippen molar-refractivity contribution in [2.24, 2.45) is 0 Å². The van der Waals surface area contributed by atoms with Crippen LogP contribution < -0.4 is 10.6 Å². The number of aromatic nitrogens is 4. The van der Waals surface area contributed by atoms with Gasteiger partial charge in [-0.15, -0.1) is 0 Å². The van der Waals surface area contributed by atoms with Gasteiger partial charge in [-0.25, -0.2) is 9.37 Å². The van der Waals surface area contributed by atoms with Crippen molar-refractivity contribution >= 4 is 17.4 Å². The molecule has 160 valence electrons. The number of amides is 1. The van der Waals surface area contributed by atoms with Gasteiger partial charge in [0.25, 0.3) is 5.91 Å². The van der Waals surface area contributed by atoms with Crippen molar-refractivity contribution in [1.82, 2.24) is 24.9 Å². The molecule has 0 aromatic carbocycles. The third-order valence-corrected chi connectivity index (χ3v) is 4.64. The second kappa shape index (κ2) is 8.35. The minimum absolute atomic E-state index is 0.0141. The summed E-state index contributed by atoms with van der Waals surface area (Å²) < 4.78 is 15.6. The van der Waals surface area contributed by atoms with E-state index in [1.165, 1.54) is 20.0 Å². The number of carbonyl (C=O) groups excluding carboxylic acids is 1. The molecule has 0 saturated heterocycles. The first-order valence-electron chi connectivity index (χ1n) is 9.80. The Bertz CT molecular complexity index is 1060. The van der Waals surface area contributed by atoms with Crippen LogP contribution in [0.4, 0.5) is 10.2 Å². The maximum Gasteiger partial charge on any atom is 0.256 e. The Balaban J connectivity index is 2.00. The number of anilines is 1. The first-order chi connectivity index (χ1) is 14.1. The molecule has 1 unspecified atom stereocenters. The van der Waals surface area contributed by atoms with E-state index in [4.69, 9.17) is 0 Å². The lowest BCUT2D eigenvalue weighted by Crippen LogP contribution is -2.42. The Hall–Kier alpha value is -3.07. The van der Waals surface area contributed by atoms with Gasteiger partial charge in [0.05, 0.1) is 17.8 Å². The number of halogens is 1. The van der Waals surface area contributed by atoms with Crippen LogP contribution in [0.2, 0.25) is 0 Å². The maximum absolute atomic E-state index is 14.1. The van der Waals surface area contributed by atoms with Gasteiger partial charge in [0.2, 0.25) is 0 Å². The number of carbonyl (C=O) groups is 1. The lowest BCUT2D eigenvalue weighted by molar-refractivity contribution is -0.00177. The molecule has 0 radical (unpaired) electrons. The molecule has 0 fully saturated rings. The number of alkyl halides is 1. The molecule has 0 aliphatic heterocycles. The van der Waals surface area contributed by atoms with Crippen molar-refractivity contribution in [2.45, 2.75) is 52.4 Å². The van der Waals surface area contributed by atoms with E-state index in [1.807, 2.05) is 39.0 Å². The van der Waals surface area contributed by atoms with E-state index in [9.17, 15) is 14.3 Å². The Morgan fingerprint density at radius 1 is 1.33 bits per heavy atom. The van der Waals surface area contributed by atoms with Gasteiger partial charge in [0, 0.05) is 35.8 Å². The molecule has 8 nitrogen and oxygen atoms in total. The lowest BCUT2D eigenvalue weighted by Gasteiger charge is -2.22. The van der Waals surface area contributed by atoms with Gasteiger partial charge in [-0.05, 0) is 46.8 Å². The molecule has 3 aromatic heterocycles. The van der Waals surface area contributed by atoms with Crippen molar-refractivity contribution in [3.05, 3.63) is 41.9 Å². The molecule has 0 bridgehead atoms. The molecular weight excluding hydrogens is 387 g/mol. The molecule has 9 heteroatoms. The fourth-order valence-electron chi connectivity index (χ4n) is 2.93. The fourth-order valence-corrected chi connectivity index (χ4v) is 2.93. The molecule has 30 heavy (non-hydrogen) atoms. The first-order valence-corrected chi connectivity index (χ1v) is 9.80. The zero-order valence-electron chi connectivity index (χ0n) is 17.8. The van der Waals surface area contributed by atoms with Crippen LogP contribution in [-0.4, -0.2) is 55.0 Å². The summed E-state index contributed by atoms with van der Waals surface area (Å²) in [4.78, 5) is 21.4. The van der Waals surface area contributed by atoms with Crippen LogP contribution in [0.5, 0.6) is 0 Å². The summed E-state index contributed by atoms with van der Waals surface area (Å²) in [6, 6.07) is 5.59. The zero-order valence-corrected chi connectivity index (χ0v) is 17.8. The van der Waals surface area contributed by atoms with E-state index in [2.05, 4.69) is 25.7 Å². The van der Waals surface area contributed by atoms with Crippen molar-refractivity contribution in [2.75, 3.05) is 11.9 Å². The van der Waals surface area contributed by atoms with Gasteiger partial charge in [0.1, 0.15) is 17.6 Å². The number of nitrogens with one attached hydrogen (secondary N) is 2. The average molecular weight is 414 g/mol. The molecule has 0 aliphatic carbocycles. The van der Waals surface area contributed by atoms with E-state index in [0.29, 0.717) is 17.2 Å². The number of hydrogen-bond donors (Lipinski definition) is 3. The van der Waals surface area contributed by atoms with Gasteiger partial charge < -0.3 is 15.7 Å². The third-order valence-electron chi connectivity index (χ3n) is 4.64. The Kier molecular flexibility index (Phi) is 6.02.